The highest BCUT2D eigenvalue weighted by molar-refractivity contribution is 4.81. The van der Waals surface area contributed by atoms with Gasteiger partial charge in [0, 0.05) is 6.54 Å². The molecule has 0 radical (unpaired) electrons. The van der Waals surface area contributed by atoms with E-state index >= 15 is 0 Å². The molecule has 0 aromatic heterocycles. The second-order valence-electron chi connectivity index (χ2n) is 6.99. The zero-order valence-electron chi connectivity index (χ0n) is 16.0. The zero-order chi connectivity index (χ0) is 17.0. The highest BCUT2D eigenvalue weighted by atomic mass is 16.3. The van der Waals surface area contributed by atoms with Crippen LogP contribution in [0.25, 0.3) is 0 Å². The minimum absolute atomic E-state index is 0.218. The maximum Gasteiger partial charge on any atom is 0.0636 e. The molecule has 0 spiro atoms. The summed E-state index contributed by atoms with van der Waals surface area (Å²) in [5.74, 6) is 0. The van der Waals surface area contributed by atoms with Crippen LogP contribution >= 0.6 is 0 Å². The number of aliphatic hydroxyl groups is 1. The topological polar surface area (TPSA) is 32.3 Å². The van der Waals surface area contributed by atoms with Crippen LogP contribution in [0.1, 0.15) is 104 Å². The molecule has 2 N–H and O–H groups in total. The third kappa shape index (κ3) is 21.7. The van der Waals surface area contributed by atoms with Crippen LogP contribution in [0.3, 0.4) is 0 Å². The fraction of sp³-hybridized carbons (Fsp3) is 0.905. The first kappa shape index (κ1) is 22.7. The second kappa shape index (κ2) is 19.7. The fourth-order valence-electron chi connectivity index (χ4n) is 2.81. The summed E-state index contributed by atoms with van der Waals surface area (Å²) < 4.78 is 0. The van der Waals surface area contributed by atoms with E-state index in [9.17, 15) is 0 Å². The van der Waals surface area contributed by atoms with Crippen LogP contribution in [0.4, 0.5) is 0 Å². The summed E-state index contributed by atoms with van der Waals surface area (Å²) in [5, 5.41) is 12.4. The Morgan fingerprint density at radius 1 is 0.739 bits per heavy atom. The number of allylic oxidation sites excluding steroid dienone is 2. The Morgan fingerprint density at radius 3 is 1.74 bits per heavy atom. The van der Waals surface area contributed by atoms with Crippen LogP contribution in [0, 0.1) is 0 Å². The average Bonchev–Trinajstić information content (AvgIpc) is 2.53. The number of hydrogen-bond acceptors (Lipinski definition) is 2. The van der Waals surface area contributed by atoms with E-state index in [0.717, 1.165) is 13.1 Å². The molecular weight excluding hydrogens is 282 g/mol. The summed E-state index contributed by atoms with van der Waals surface area (Å²) in [6, 6.07) is 0. The monoisotopic (exact) mass is 325 g/mol. The van der Waals surface area contributed by atoms with Crippen molar-refractivity contribution in [1.82, 2.24) is 5.32 Å². The van der Waals surface area contributed by atoms with Crippen molar-refractivity contribution in [1.29, 1.82) is 0 Å². The van der Waals surface area contributed by atoms with Crippen molar-refractivity contribution in [3.05, 3.63) is 12.2 Å². The number of hydrogen-bond donors (Lipinski definition) is 2. The van der Waals surface area contributed by atoms with Gasteiger partial charge in [0.1, 0.15) is 0 Å². The lowest BCUT2D eigenvalue weighted by atomic mass is 10.1. The van der Waals surface area contributed by atoms with Gasteiger partial charge in [-0.25, -0.2) is 0 Å². The van der Waals surface area contributed by atoms with Crippen LogP contribution < -0.4 is 5.32 Å². The van der Waals surface area contributed by atoms with Crippen molar-refractivity contribution >= 4 is 0 Å². The highest BCUT2D eigenvalue weighted by Gasteiger charge is 1.94. The Balaban J connectivity index is 3.05. The standard InChI is InChI=1S/C21H43NO/c1-3-4-5-6-7-8-9-10-11-12-13-14-15-16-17-18-19-22-20-21(2)23/h10-11,21-23H,3-9,12-20H2,1-2H3/b11-10-. The molecule has 2 nitrogen and oxygen atoms in total. The molecule has 1 atom stereocenters. The largest absolute Gasteiger partial charge is 0.392 e. The number of rotatable bonds is 18. The summed E-state index contributed by atoms with van der Waals surface area (Å²) in [6.07, 6.45) is 23.6. The summed E-state index contributed by atoms with van der Waals surface area (Å²) in [7, 11) is 0. The maximum absolute atomic E-state index is 9.12. The molecule has 0 aromatic rings. The Morgan fingerprint density at radius 2 is 1.22 bits per heavy atom. The van der Waals surface area contributed by atoms with E-state index < -0.39 is 0 Å². The molecular formula is C21H43NO. The lowest BCUT2D eigenvalue weighted by Gasteiger charge is -2.06. The van der Waals surface area contributed by atoms with Crippen molar-refractivity contribution in [2.24, 2.45) is 0 Å². The van der Waals surface area contributed by atoms with Gasteiger partial charge in [0.2, 0.25) is 0 Å². The summed E-state index contributed by atoms with van der Waals surface area (Å²) in [5.41, 5.74) is 0. The molecule has 0 saturated carbocycles. The van der Waals surface area contributed by atoms with Gasteiger partial charge in [0.05, 0.1) is 6.10 Å². The summed E-state index contributed by atoms with van der Waals surface area (Å²) in [4.78, 5) is 0. The molecule has 0 rings (SSSR count). The molecule has 0 aliphatic heterocycles. The van der Waals surface area contributed by atoms with Crippen LogP contribution in [-0.4, -0.2) is 24.3 Å². The van der Waals surface area contributed by atoms with Crippen molar-refractivity contribution in [3.8, 4) is 0 Å². The van der Waals surface area contributed by atoms with E-state index in [2.05, 4.69) is 24.4 Å². The predicted octanol–water partition coefficient (Wildman–Crippen LogP) is 5.99. The molecule has 0 bridgehead atoms. The Bertz CT molecular complexity index is 238. The SMILES string of the molecule is CCCCCCCC/C=C\CCCCCCCCNCC(C)O. The third-order valence-electron chi connectivity index (χ3n) is 4.31. The third-order valence-corrected chi connectivity index (χ3v) is 4.31. The quantitative estimate of drug-likeness (QED) is 0.239. The molecule has 2 heteroatoms. The second-order valence-corrected chi connectivity index (χ2v) is 6.99. The van der Waals surface area contributed by atoms with E-state index in [1.165, 1.54) is 89.9 Å². The van der Waals surface area contributed by atoms with Crippen molar-refractivity contribution in [2.45, 2.75) is 110 Å². The van der Waals surface area contributed by atoms with E-state index in [-0.39, 0.29) is 6.10 Å². The van der Waals surface area contributed by atoms with Gasteiger partial charge >= 0.3 is 0 Å². The normalized spacial score (nSPS) is 13.0. The van der Waals surface area contributed by atoms with Gasteiger partial charge < -0.3 is 10.4 Å². The number of aliphatic hydroxyl groups excluding tert-OH is 1. The molecule has 0 saturated heterocycles. The van der Waals surface area contributed by atoms with Crippen LogP contribution in [-0.2, 0) is 0 Å². The van der Waals surface area contributed by atoms with E-state index in [1.807, 2.05) is 6.92 Å². The molecule has 0 amide bonds. The van der Waals surface area contributed by atoms with Crippen LogP contribution in [0.15, 0.2) is 12.2 Å². The predicted molar refractivity (Wildman–Crippen MR) is 104 cm³/mol. The number of nitrogens with one attached hydrogen (secondary N) is 1. The van der Waals surface area contributed by atoms with Gasteiger partial charge in [-0.15, -0.1) is 0 Å². The average molecular weight is 326 g/mol. The van der Waals surface area contributed by atoms with Crippen LogP contribution in [0.2, 0.25) is 0 Å². The Kier molecular flexibility index (Phi) is 19.4. The summed E-state index contributed by atoms with van der Waals surface area (Å²) in [6.45, 7) is 5.88. The molecule has 0 fully saturated rings. The van der Waals surface area contributed by atoms with Crippen LogP contribution in [0.5, 0.6) is 0 Å². The summed E-state index contributed by atoms with van der Waals surface area (Å²) >= 11 is 0. The van der Waals surface area contributed by atoms with Gasteiger partial charge in [0.15, 0.2) is 0 Å². The van der Waals surface area contributed by atoms with Crippen molar-refractivity contribution in [3.63, 3.8) is 0 Å². The highest BCUT2D eigenvalue weighted by Crippen LogP contribution is 2.09. The number of unbranched alkanes of at least 4 members (excludes halogenated alkanes) is 12. The first-order valence-corrected chi connectivity index (χ1v) is 10.3. The lowest BCUT2D eigenvalue weighted by Crippen LogP contribution is -2.25. The van der Waals surface area contributed by atoms with Crippen molar-refractivity contribution in [2.75, 3.05) is 13.1 Å². The fourth-order valence-corrected chi connectivity index (χ4v) is 2.81. The van der Waals surface area contributed by atoms with Gasteiger partial charge in [-0.2, -0.15) is 0 Å². The molecule has 23 heavy (non-hydrogen) atoms. The van der Waals surface area contributed by atoms with Gasteiger partial charge in [-0.05, 0) is 45.6 Å². The Labute approximate surface area is 146 Å². The lowest BCUT2D eigenvalue weighted by molar-refractivity contribution is 0.191. The minimum Gasteiger partial charge on any atom is -0.392 e. The van der Waals surface area contributed by atoms with Gasteiger partial charge in [-0.1, -0.05) is 76.9 Å². The first-order valence-electron chi connectivity index (χ1n) is 10.3. The molecule has 0 heterocycles. The Hall–Kier alpha value is -0.340. The molecule has 0 aliphatic rings. The van der Waals surface area contributed by atoms with E-state index in [1.54, 1.807) is 0 Å². The molecule has 1 unspecified atom stereocenters. The van der Waals surface area contributed by atoms with Gasteiger partial charge in [0.25, 0.3) is 0 Å². The maximum atomic E-state index is 9.12. The molecule has 0 aliphatic carbocycles. The minimum atomic E-state index is -0.218. The first-order chi connectivity index (χ1) is 11.3. The zero-order valence-corrected chi connectivity index (χ0v) is 16.0. The van der Waals surface area contributed by atoms with E-state index in [0.29, 0.717) is 0 Å². The van der Waals surface area contributed by atoms with Crippen molar-refractivity contribution < 1.29 is 5.11 Å². The molecule has 138 valence electrons. The molecule has 0 aromatic carbocycles. The van der Waals surface area contributed by atoms with E-state index in [4.69, 9.17) is 5.11 Å². The smallest absolute Gasteiger partial charge is 0.0636 e. The van der Waals surface area contributed by atoms with Gasteiger partial charge in [-0.3, -0.25) is 0 Å².